The summed E-state index contributed by atoms with van der Waals surface area (Å²) >= 11 is 0. The highest BCUT2D eigenvalue weighted by Gasteiger charge is 1.93. The van der Waals surface area contributed by atoms with Gasteiger partial charge < -0.3 is 10.2 Å². The van der Waals surface area contributed by atoms with E-state index in [9.17, 15) is 0 Å². The van der Waals surface area contributed by atoms with Crippen LogP contribution in [-0.4, -0.2) is 12.9 Å². The van der Waals surface area contributed by atoms with E-state index in [1.807, 2.05) is 0 Å². The number of hydrogen-bond acceptors (Lipinski definition) is 3. The van der Waals surface area contributed by atoms with Crippen molar-refractivity contribution in [3.8, 4) is 0 Å². The van der Waals surface area contributed by atoms with Crippen LogP contribution in [0.3, 0.4) is 0 Å². The summed E-state index contributed by atoms with van der Waals surface area (Å²) in [6, 6.07) is 0. The minimum Gasteiger partial charge on any atom is -0.450 e. The van der Waals surface area contributed by atoms with Crippen molar-refractivity contribution in [2.45, 2.75) is 19.8 Å². The Morgan fingerprint density at radius 2 is 2.50 bits per heavy atom. The fourth-order valence-corrected chi connectivity index (χ4v) is 0.576. The van der Waals surface area contributed by atoms with Crippen LogP contribution in [0.15, 0.2) is 17.9 Å². The number of hydrazone groups is 1. The summed E-state index contributed by atoms with van der Waals surface area (Å²) in [6.45, 7) is 5.50. The number of hydrogen-bond donors (Lipinski definition) is 1. The molecule has 0 heterocycles. The average Bonchev–Trinajstić information content (AvgIpc) is 1.90. The lowest BCUT2D eigenvalue weighted by Crippen LogP contribution is -2.06. The van der Waals surface area contributed by atoms with E-state index in [1.54, 1.807) is 7.05 Å². The Kier molecular flexibility index (Phi) is 5.53. The summed E-state index contributed by atoms with van der Waals surface area (Å²) in [4.78, 5) is 0. The number of ether oxygens (including phenoxy) is 1. The highest BCUT2D eigenvalue weighted by molar-refractivity contribution is 5.76. The van der Waals surface area contributed by atoms with Crippen molar-refractivity contribution in [1.29, 1.82) is 0 Å². The molecular formula is C7H14N2O. The Morgan fingerprint density at radius 1 is 1.80 bits per heavy atom. The molecule has 0 aliphatic heterocycles. The molecule has 0 bridgehead atoms. The molecule has 0 rings (SSSR count). The first kappa shape index (κ1) is 9.01. The number of nitrogens with zero attached hydrogens (tertiary/aromatic N) is 1. The van der Waals surface area contributed by atoms with Crippen LogP contribution in [-0.2, 0) is 4.74 Å². The van der Waals surface area contributed by atoms with E-state index in [4.69, 9.17) is 4.74 Å². The second-order valence-electron chi connectivity index (χ2n) is 1.76. The molecule has 0 fully saturated rings. The van der Waals surface area contributed by atoms with Crippen LogP contribution < -0.4 is 5.43 Å². The predicted molar refractivity (Wildman–Crippen MR) is 42.7 cm³/mol. The van der Waals surface area contributed by atoms with Crippen molar-refractivity contribution in [2.24, 2.45) is 5.10 Å². The third kappa shape index (κ3) is 3.95. The molecule has 3 heteroatoms. The summed E-state index contributed by atoms with van der Waals surface area (Å²) in [6.07, 6.45) is 3.24. The maximum absolute atomic E-state index is 4.97. The van der Waals surface area contributed by atoms with Crippen molar-refractivity contribution < 1.29 is 4.74 Å². The van der Waals surface area contributed by atoms with Gasteiger partial charge in [0.2, 0.25) is 5.90 Å². The summed E-state index contributed by atoms with van der Waals surface area (Å²) in [5.74, 6) is 0.681. The predicted octanol–water partition coefficient (Wildman–Crippen LogP) is 1.48. The van der Waals surface area contributed by atoms with Gasteiger partial charge in [-0.15, -0.1) is 5.10 Å². The monoisotopic (exact) mass is 142 g/mol. The second kappa shape index (κ2) is 6.13. The molecule has 0 aromatic rings. The Labute approximate surface area is 61.8 Å². The van der Waals surface area contributed by atoms with Crippen LogP contribution in [0.1, 0.15) is 19.8 Å². The van der Waals surface area contributed by atoms with Crippen LogP contribution in [0, 0.1) is 0 Å². The van der Waals surface area contributed by atoms with E-state index >= 15 is 0 Å². The van der Waals surface area contributed by atoms with E-state index in [1.165, 1.54) is 6.26 Å². The third-order valence-corrected chi connectivity index (χ3v) is 0.920. The van der Waals surface area contributed by atoms with Crippen LogP contribution in [0.25, 0.3) is 0 Å². The van der Waals surface area contributed by atoms with Crippen molar-refractivity contribution in [3.05, 3.63) is 12.8 Å². The highest BCUT2D eigenvalue weighted by Crippen LogP contribution is 1.93. The minimum atomic E-state index is 0.681. The Hall–Kier alpha value is -0.990. The van der Waals surface area contributed by atoms with Gasteiger partial charge in [0.1, 0.15) is 0 Å². The molecule has 0 radical (unpaired) electrons. The standard InChI is InChI=1S/C7H14N2O/c1-4-6-7(9-8-3)10-5-2/h5,8H,2,4,6H2,1,3H3/b9-7+. The van der Waals surface area contributed by atoms with Crippen molar-refractivity contribution >= 4 is 5.90 Å². The minimum absolute atomic E-state index is 0.681. The SMILES string of the molecule is C=CO/C(CCC)=N/NC. The molecule has 3 nitrogen and oxygen atoms in total. The van der Waals surface area contributed by atoms with Crippen LogP contribution in [0.5, 0.6) is 0 Å². The van der Waals surface area contributed by atoms with Gasteiger partial charge in [-0.25, -0.2) is 0 Å². The first-order valence-electron chi connectivity index (χ1n) is 3.36. The zero-order valence-corrected chi connectivity index (χ0v) is 6.55. The first-order valence-corrected chi connectivity index (χ1v) is 3.36. The molecule has 0 saturated heterocycles. The molecule has 0 unspecified atom stereocenters. The lowest BCUT2D eigenvalue weighted by molar-refractivity contribution is 0.450. The molecule has 0 aromatic carbocycles. The van der Waals surface area contributed by atoms with E-state index < -0.39 is 0 Å². The fourth-order valence-electron chi connectivity index (χ4n) is 0.576. The maximum Gasteiger partial charge on any atom is 0.210 e. The highest BCUT2D eigenvalue weighted by atomic mass is 16.5. The molecule has 0 saturated carbocycles. The van der Waals surface area contributed by atoms with Crippen molar-refractivity contribution in [1.82, 2.24) is 5.43 Å². The van der Waals surface area contributed by atoms with Gasteiger partial charge in [-0.2, -0.15) is 0 Å². The molecule has 0 atom stereocenters. The Bertz CT molecular complexity index is 121. The fraction of sp³-hybridized carbons (Fsp3) is 0.571. The second-order valence-corrected chi connectivity index (χ2v) is 1.76. The van der Waals surface area contributed by atoms with Gasteiger partial charge in [0, 0.05) is 13.5 Å². The Balaban J connectivity index is 3.71. The molecule has 0 amide bonds. The molecule has 0 aromatic heterocycles. The van der Waals surface area contributed by atoms with Gasteiger partial charge in [-0.1, -0.05) is 13.5 Å². The van der Waals surface area contributed by atoms with E-state index in [2.05, 4.69) is 24.0 Å². The molecule has 0 aliphatic carbocycles. The smallest absolute Gasteiger partial charge is 0.210 e. The van der Waals surface area contributed by atoms with Gasteiger partial charge >= 0.3 is 0 Å². The number of nitrogens with one attached hydrogen (secondary N) is 1. The molecule has 58 valence electrons. The third-order valence-electron chi connectivity index (χ3n) is 0.920. The average molecular weight is 142 g/mol. The molecule has 0 aliphatic rings. The van der Waals surface area contributed by atoms with E-state index in [-0.39, 0.29) is 0 Å². The lowest BCUT2D eigenvalue weighted by atomic mass is 10.3. The van der Waals surface area contributed by atoms with Crippen LogP contribution in [0.2, 0.25) is 0 Å². The van der Waals surface area contributed by atoms with E-state index in [0.717, 1.165) is 12.8 Å². The lowest BCUT2D eigenvalue weighted by Gasteiger charge is -2.01. The summed E-state index contributed by atoms with van der Waals surface area (Å²) in [7, 11) is 1.74. The van der Waals surface area contributed by atoms with E-state index in [0.29, 0.717) is 5.90 Å². The van der Waals surface area contributed by atoms with Crippen molar-refractivity contribution in [2.75, 3.05) is 7.05 Å². The topological polar surface area (TPSA) is 33.6 Å². The Morgan fingerprint density at radius 3 is 2.90 bits per heavy atom. The van der Waals surface area contributed by atoms with Gasteiger partial charge in [-0.3, -0.25) is 0 Å². The molecular weight excluding hydrogens is 128 g/mol. The zero-order chi connectivity index (χ0) is 7.82. The van der Waals surface area contributed by atoms with Crippen LogP contribution in [0.4, 0.5) is 0 Å². The summed E-state index contributed by atoms with van der Waals surface area (Å²) in [5, 5.41) is 3.88. The molecule has 1 N–H and O–H groups in total. The van der Waals surface area contributed by atoms with Gasteiger partial charge in [0.15, 0.2) is 0 Å². The summed E-state index contributed by atoms with van der Waals surface area (Å²) < 4.78 is 4.97. The maximum atomic E-state index is 4.97. The molecule has 10 heavy (non-hydrogen) atoms. The quantitative estimate of drug-likeness (QED) is 0.279. The first-order chi connectivity index (χ1) is 4.85. The molecule has 0 spiro atoms. The van der Waals surface area contributed by atoms with Crippen molar-refractivity contribution in [3.63, 3.8) is 0 Å². The largest absolute Gasteiger partial charge is 0.450 e. The van der Waals surface area contributed by atoms with Crippen LogP contribution >= 0.6 is 0 Å². The normalized spacial score (nSPS) is 10.8. The number of rotatable bonds is 4. The summed E-state index contributed by atoms with van der Waals surface area (Å²) in [5.41, 5.74) is 2.65. The van der Waals surface area contributed by atoms with Gasteiger partial charge in [0.05, 0.1) is 6.26 Å². The van der Waals surface area contributed by atoms with Gasteiger partial charge in [0.25, 0.3) is 0 Å². The zero-order valence-electron chi connectivity index (χ0n) is 6.55. The van der Waals surface area contributed by atoms with Gasteiger partial charge in [-0.05, 0) is 6.42 Å².